The van der Waals surface area contributed by atoms with E-state index < -0.39 is 11.6 Å². The number of hydrogen-bond acceptors (Lipinski definition) is 14. The third-order valence-corrected chi connectivity index (χ3v) is 18.5. The largest absolute Gasteiger partial charge is 0.399 e. The van der Waals surface area contributed by atoms with Crippen molar-refractivity contribution in [3.8, 4) is 0 Å². The zero-order valence-electron chi connectivity index (χ0n) is 47.2. The summed E-state index contributed by atoms with van der Waals surface area (Å²) in [5.41, 5.74) is 23.5. The molecule has 4 saturated carbocycles. The Bertz CT molecular complexity index is 2940. The highest BCUT2D eigenvalue weighted by molar-refractivity contribution is 6.28. The molecule has 432 valence electrons. The van der Waals surface area contributed by atoms with Crippen LogP contribution in [-0.4, -0.2) is 120 Å². The molecule has 2 aromatic heterocycles. The molecule has 81 heavy (non-hydrogen) atoms. The summed E-state index contributed by atoms with van der Waals surface area (Å²) in [6, 6.07) is 11.8. The topological polar surface area (TPSA) is 213 Å². The van der Waals surface area contributed by atoms with Gasteiger partial charge in [-0.05, 0) is 186 Å². The molecule has 8 bridgehead atoms. The van der Waals surface area contributed by atoms with Crippen molar-refractivity contribution < 1.29 is 18.4 Å². The van der Waals surface area contributed by atoms with E-state index in [1.807, 2.05) is 36.4 Å². The van der Waals surface area contributed by atoms with E-state index in [1.165, 1.54) is 55.5 Å². The Kier molecular flexibility index (Phi) is 18.2. The molecule has 0 unspecified atom stereocenters. The number of primary amides is 2. The summed E-state index contributed by atoms with van der Waals surface area (Å²) < 4.78 is 28.1. The van der Waals surface area contributed by atoms with Crippen molar-refractivity contribution in [2.45, 2.75) is 77.3 Å². The van der Waals surface area contributed by atoms with E-state index in [4.69, 9.17) is 28.8 Å². The van der Waals surface area contributed by atoms with Gasteiger partial charge in [0, 0.05) is 87.2 Å². The molecule has 0 spiro atoms. The first-order chi connectivity index (χ1) is 39.0. The summed E-state index contributed by atoms with van der Waals surface area (Å²) in [6.45, 7) is 12.8. The van der Waals surface area contributed by atoms with Gasteiger partial charge in [0.05, 0.1) is 24.2 Å². The van der Waals surface area contributed by atoms with Crippen LogP contribution >= 0.6 is 11.6 Å². The van der Waals surface area contributed by atoms with Crippen molar-refractivity contribution in [1.29, 1.82) is 0 Å². The van der Waals surface area contributed by atoms with Crippen LogP contribution < -0.4 is 43.0 Å². The SMILES string of the molecule is C1=C[C@H]2CC[C@@H]1C2.C1=C[C@H]2CC[C@@H]1C2.Cc1cc(N)ccc1N1CCN(C)CC1.Cc1cc(Nc2ncc(F)c(N[C@H]3[C@@H](C(N)=O)[C@@H]4C=C[C@H]3C4)n2)ccc1N1CCN(C)CC1.NC(=O)[C@@H]1[C@H](Nc2nc(Cl)ncc2F)[C@H]2C=C[C@@H]1C2. The first-order valence-electron chi connectivity index (χ1n) is 29.2. The molecular formula is C62H81ClF2N14O2. The number of carbonyl (C=O) groups is 2. The summed E-state index contributed by atoms with van der Waals surface area (Å²) in [5.74, 6) is 2.27. The predicted molar refractivity (Wildman–Crippen MR) is 320 cm³/mol. The van der Waals surface area contributed by atoms with Gasteiger partial charge in [-0.15, -0.1) is 0 Å². The molecule has 4 heterocycles. The van der Waals surface area contributed by atoms with Gasteiger partial charge in [0.1, 0.15) is 0 Å². The number of aromatic nitrogens is 4. The first kappa shape index (κ1) is 57.6. The molecule has 14 rings (SSSR count). The Balaban J connectivity index is 0.000000128. The van der Waals surface area contributed by atoms with Crippen LogP contribution in [0, 0.1) is 84.7 Å². The van der Waals surface area contributed by atoms with Crippen LogP contribution in [0.15, 0.2) is 97.4 Å². The van der Waals surface area contributed by atoms with Crippen LogP contribution in [0.1, 0.15) is 62.5 Å². The van der Waals surface area contributed by atoms with Crippen molar-refractivity contribution in [2.24, 2.45) is 70.6 Å². The Morgan fingerprint density at radius 3 is 1.42 bits per heavy atom. The molecular weight excluding hydrogens is 1050 g/mol. The number of nitrogens with one attached hydrogen (secondary N) is 3. The number of nitrogen functional groups attached to an aromatic ring is 1. The van der Waals surface area contributed by atoms with Crippen molar-refractivity contribution in [1.82, 2.24) is 29.7 Å². The summed E-state index contributed by atoms with van der Waals surface area (Å²) in [6.07, 6.45) is 30.4. The van der Waals surface area contributed by atoms with Crippen molar-refractivity contribution in [3.63, 3.8) is 0 Å². The van der Waals surface area contributed by atoms with Gasteiger partial charge >= 0.3 is 0 Å². The standard InChI is InChI=1S/C24H30FN7O.C12H12ClFN4O.C12H19N3.2C7H10/c1-14-11-17(5-6-19(14)32-9-7-31(2)8-10-32)28-24-27-13-18(25)23(30-24)29-21-16-4-3-15(12-16)20(21)22(26)33;13-12-16-4-7(14)11(18-12)17-9-6-2-1-5(3-6)8(9)10(15)19;1-10-9-11(13)3-4-12(10)15-7-5-14(2)6-8-15;2*1-2-7-4-3-6(1)5-7/h3-6,11,13,15-16,20-21H,7-10,12H2,1-2H3,(H2,26,33)(H2,27,28,29,30);1-2,4-6,8-9H,3H2,(H2,15,19)(H,16,17,18);3-4,9H,5-8,13H2,1-2H3;2*1-2,6-7H,3-5H2/t15-,16+,20+,21-;5-,6+,8+,9-;;2*6-,7+/m11.../s1. The van der Waals surface area contributed by atoms with Crippen LogP contribution in [0.5, 0.6) is 0 Å². The maximum atomic E-state index is 14.5. The van der Waals surface area contributed by atoms with E-state index in [0.29, 0.717) is 5.95 Å². The van der Waals surface area contributed by atoms with Gasteiger partial charge in [-0.1, -0.05) is 48.6 Å². The maximum Gasteiger partial charge on any atom is 0.229 e. The van der Waals surface area contributed by atoms with Crippen molar-refractivity contribution >= 4 is 63.7 Å². The molecule has 10 aliphatic rings. The second kappa shape index (κ2) is 25.7. The smallest absolute Gasteiger partial charge is 0.229 e. The number of benzene rings is 2. The Morgan fingerprint density at radius 2 is 1.00 bits per heavy atom. The average Bonchev–Trinajstić information content (AvgIpc) is 4.48. The van der Waals surface area contributed by atoms with Gasteiger partial charge in [-0.3, -0.25) is 9.59 Å². The third-order valence-electron chi connectivity index (χ3n) is 18.3. The molecule has 4 aromatic rings. The number of likely N-dealkylation sites (N-methyl/N-ethyl adjacent to an activating group) is 2. The molecule has 16 nitrogen and oxygen atoms in total. The second-order valence-electron chi connectivity index (χ2n) is 24.0. The number of fused-ring (bicyclic) bond motifs is 8. The van der Waals surface area contributed by atoms with E-state index in [0.717, 1.165) is 118 Å². The predicted octanol–water partition coefficient (Wildman–Crippen LogP) is 9.14. The van der Waals surface area contributed by atoms with E-state index in [9.17, 15) is 18.4 Å². The number of piperazine rings is 2. The first-order valence-corrected chi connectivity index (χ1v) is 29.6. The Labute approximate surface area is 481 Å². The summed E-state index contributed by atoms with van der Waals surface area (Å²) in [4.78, 5) is 48.9. The van der Waals surface area contributed by atoms with Crippen LogP contribution in [0.3, 0.4) is 0 Å². The highest BCUT2D eigenvalue weighted by Gasteiger charge is 2.49. The normalized spacial score (nSPS) is 29.5. The molecule has 2 aliphatic heterocycles. The lowest BCUT2D eigenvalue weighted by Gasteiger charge is -2.35. The Morgan fingerprint density at radius 1 is 0.568 bits per heavy atom. The van der Waals surface area contributed by atoms with E-state index in [-0.39, 0.29) is 76.3 Å². The second-order valence-corrected chi connectivity index (χ2v) is 24.3. The summed E-state index contributed by atoms with van der Waals surface area (Å²) in [5, 5.41) is 9.22. The highest BCUT2D eigenvalue weighted by Crippen LogP contribution is 2.46. The molecule has 6 fully saturated rings. The van der Waals surface area contributed by atoms with Crippen molar-refractivity contribution in [2.75, 3.05) is 97.9 Å². The zero-order valence-corrected chi connectivity index (χ0v) is 48.0. The molecule has 19 heteroatoms. The van der Waals surface area contributed by atoms with Crippen LogP contribution in [0.4, 0.5) is 49.1 Å². The summed E-state index contributed by atoms with van der Waals surface area (Å²) in [7, 11) is 4.32. The minimum atomic E-state index is -0.598. The molecule has 8 aliphatic carbocycles. The number of allylic oxidation sites excluding steroid dienone is 6. The van der Waals surface area contributed by atoms with Gasteiger partial charge in [0.25, 0.3) is 0 Å². The number of amides is 2. The minimum absolute atomic E-state index is 0.0113. The van der Waals surface area contributed by atoms with E-state index in [2.05, 4.69) is 132 Å². The van der Waals surface area contributed by atoms with E-state index >= 15 is 0 Å². The molecule has 12 atom stereocenters. The zero-order chi connectivity index (χ0) is 56.9. The van der Waals surface area contributed by atoms with Gasteiger partial charge < -0.3 is 52.8 Å². The maximum absolute atomic E-state index is 14.5. The number of carbonyl (C=O) groups excluding carboxylic acids is 2. The number of rotatable bonds is 10. The highest BCUT2D eigenvalue weighted by atomic mass is 35.5. The number of nitrogens with zero attached hydrogens (tertiary/aromatic N) is 8. The molecule has 2 saturated heterocycles. The van der Waals surface area contributed by atoms with Gasteiger partial charge in [-0.2, -0.15) is 9.97 Å². The van der Waals surface area contributed by atoms with Gasteiger partial charge in [-0.25, -0.2) is 18.7 Å². The fourth-order valence-corrected chi connectivity index (χ4v) is 14.0. The quantitative estimate of drug-likeness (QED) is 0.0497. The molecule has 0 radical (unpaired) electrons. The number of hydrogen-bond donors (Lipinski definition) is 6. The fraction of sp³-hybridized carbons (Fsp3) is 0.516. The van der Waals surface area contributed by atoms with Crippen LogP contribution in [0.25, 0.3) is 0 Å². The fourth-order valence-electron chi connectivity index (χ4n) is 13.9. The van der Waals surface area contributed by atoms with Crippen molar-refractivity contribution in [3.05, 3.63) is 125 Å². The number of nitrogens with two attached hydrogens (primary N) is 3. The number of halogens is 3. The number of anilines is 7. The summed E-state index contributed by atoms with van der Waals surface area (Å²) >= 11 is 5.65. The van der Waals surface area contributed by atoms with Gasteiger partial charge in [0.2, 0.25) is 23.0 Å². The monoisotopic (exact) mass is 1130 g/mol. The Hall–Kier alpha value is -6.63. The molecule has 9 N–H and O–H groups in total. The third kappa shape index (κ3) is 14.0. The average molecular weight is 1130 g/mol. The van der Waals surface area contributed by atoms with Crippen LogP contribution in [-0.2, 0) is 9.59 Å². The lowest BCUT2D eigenvalue weighted by atomic mass is 9.88. The van der Waals surface area contributed by atoms with Crippen LogP contribution in [0.2, 0.25) is 5.28 Å². The lowest BCUT2D eigenvalue weighted by Crippen LogP contribution is -2.44. The van der Waals surface area contributed by atoms with E-state index in [1.54, 1.807) is 0 Å². The minimum Gasteiger partial charge on any atom is -0.399 e. The molecule has 2 amide bonds. The lowest BCUT2D eigenvalue weighted by molar-refractivity contribution is -0.123. The number of aryl methyl sites for hydroxylation is 2. The molecule has 2 aromatic carbocycles. The van der Waals surface area contributed by atoms with Gasteiger partial charge in [0.15, 0.2) is 23.3 Å².